The molecule has 0 saturated heterocycles. The van der Waals surface area contributed by atoms with Crippen LogP contribution in [0.25, 0.3) is 0 Å². The first-order valence-electron chi connectivity index (χ1n) is 5.89. The second-order valence-corrected chi connectivity index (χ2v) is 4.39. The van der Waals surface area contributed by atoms with Gasteiger partial charge in [0.05, 0.1) is 4.92 Å². The van der Waals surface area contributed by atoms with E-state index in [1.165, 1.54) is 24.3 Å². The number of nitrogens with zero attached hydrogens (tertiary/aromatic N) is 1. The Labute approximate surface area is 110 Å². The number of carbonyl (C=O) groups excluding carboxylic acids is 1. The van der Waals surface area contributed by atoms with Gasteiger partial charge in [-0.1, -0.05) is 29.8 Å². The van der Waals surface area contributed by atoms with E-state index in [-0.39, 0.29) is 11.5 Å². The van der Waals surface area contributed by atoms with Crippen molar-refractivity contribution in [1.29, 1.82) is 0 Å². The van der Waals surface area contributed by atoms with Gasteiger partial charge in [0.25, 0.3) is 5.69 Å². The molecule has 0 saturated carbocycles. The molecule has 0 fully saturated rings. The van der Waals surface area contributed by atoms with Crippen LogP contribution in [0, 0.1) is 17.0 Å². The summed E-state index contributed by atoms with van der Waals surface area (Å²) < 4.78 is 0. The molecule has 0 aliphatic heterocycles. The smallest absolute Gasteiger partial charge is 0.269 e. The molecule has 2 rings (SSSR count). The van der Waals surface area contributed by atoms with Crippen LogP contribution in [0.4, 0.5) is 5.69 Å². The summed E-state index contributed by atoms with van der Waals surface area (Å²) >= 11 is 0. The predicted molar refractivity (Wildman–Crippen MR) is 72.3 cm³/mol. The van der Waals surface area contributed by atoms with Crippen molar-refractivity contribution in [3.05, 3.63) is 75.3 Å². The Morgan fingerprint density at radius 3 is 2.16 bits per heavy atom. The first-order chi connectivity index (χ1) is 9.06. The minimum absolute atomic E-state index is 0.00751. The van der Waals surface area contributed by atoms with Crippen LogP contribution >= 0.6 is 0 Å². The number of Topliss-reactive ketones (excluding diaryl/α,β-unsaturated/α-hetero) is 1. The molecular weight excluding hydrogens is 242 g/mol. The van der Waals surface area contributed by atoms with E-state index in [1.807, 2.05) is 31.2 Å². The Morgan fingerprint density at radius 1 is 1.05 bits per heavy atom. The molecule has 0 heterocycles. The second-order valence-electron chi connectivity index (χ2n) is 4.39. The van der Waals surface area contributed by atoms with E-state index in [0.29, 0.717) is 12.0 Å². The van der Waals surface area contributed by atoms with Gasteiger partial charge in [-0.15, -0.1) is 0 Å². The zero-order valence-corrected chi connectivity index (χ0v) is 10.5. The Bertz CT molecular complexity index is 600. The maximum Gasteiger partial charge on any atom is 0.269 e. The topological polar surface area (TPSA) is 60.2 Å². The first kappa shape index (κ1) is 13.0. The number of benzene rings is 2. The number of nitro benzene ring substituents is 1. The highest BCUT2D eigenvalue weighted by Gasteiger charge is 2.10. The summed E-state index contributed by atoms with van der Waals surface area (Å²) in [7, 11) is 0. The third kappa shape index (κ3) is 3.25. The molecule has 0 N–H and O–H groups in total. The third-order valence-electron chi connectivity index (χ3n) is 2.89. The van der Waals surface area contributed by atoms with Gasteiger partial charge in [-0.3, -0.25) is 14.9 Å². The molecule has 0 aliphatic rings. The minimum Gasteiger partial charge on any atom is -0.294 e. The number of non-ortho nitro benzene ring substituents is 1. The first-order valence-corrected chi connectivity index (χ1v) is 5.89. The van der Waals surface area contributed by atoms with Gasteiger partial charge in [-0.25, -0.2) is 0 Å². The maximum absolute atomic E-state index is 12.0. The van der Waals surface area contributed by atoms with Crippen LogP contribution in [0.2, 0.25) is 0 Å². The normalized spacial score (nSPS) is 10.2. The number of ketones is 1. The van der Waals surface area contributed by atoms with E-state index in [0.717, 1.165) is 11.1 Å². The summed E-state index contributed by atoms with van der Waals surface area (Å²) in [4.78, 5) is 22.1. The number of nitro groups is 1. The van der Waals surface area contributed by atoms with Crippen LogP contribution in [-0.2, 0) is 6.42 Å². The van der Waals surface area contributed by atoms with Crippen LogP contribution in [0.5, 0.6) is 0 Å². The highest BCUT2D eigenvalue weighted by Crippen LogP contribution is 2.14. The number of rotatable bonds is 4. The highest BCUT2D eigenvalue weighted by molar-refractivity contribution is 5.97. The lowest BCUT2D eigenvalue weighted by molar-refractivity contribution is -0.384. The number of hydrogen-bond acceptors (Lipinski definition) is 3. The van der Waals surface area contributed by atoms with Crippen molar-refractivity contribution >= 4 is 11.5 Å². The van der Waals surface area contributed by atoms with Crippen LogP contribution in [0.1, 0.15) is 21.5 Å². The standard InChI is InChI=1S/C15H13NO3/c1-11-2-4-12(5-3-11)10-15(17)13-6-8-14(9-7-13)16(18)19/h2-9H,10H2,1H3. The third-order valence-corrected chi connectivity index (χ3v) is 2.89. The molecule has 96 valence electrons. The summed E-state index contributed by atoms with van der Waals surface area (Å²) in [5.74, 6) is -0.0428. The van der Waals surface area contributed by atoms with Crippen LogP contribution in [0.3, 0.4) is 0 Å². The largest absolute Gasteiger partial charge is 0.294 e. The van der Waals surface area contributed by atoms with Crippen molar-refractivity contribution in [2.24, 2.45) is 0 Å². The van der Waals surface area contributed by atoms with Crippen molar-refractivity contribution in [2.75, 3.05) is 0 Å². The van der Waals surface area contributed by atoms with Crippen molar-refractivity contribution in [2.45, 2.75) is 13.3 Å². The van der Waals surface area contributed by atoms with Crippen molar-refractivity contribution in [1.82, 2.24) is 0 Å². The summed E-state index contributed by atoms with van der Waals surface area (Å²) in [6, 6.07) is 13.4. The Kier molecular flexibility index (Phi) is 3.71. The van der Waals surface area contributed by atoms with Gasteiger partial charge < -0.3 is 0 Å². The van der Waals surface area contributed by atoms with Crippen molar-refractivity contribution < 1.29 is 9.72 Å². The van der Waals surface area contributed by atoms with Gasteiger partial charge in [0.2, 0.25) is 0 Å². The van der Waals surface area contributed by atoms with E-state index in [4.69, 9.17) is 0 Å². The van der Waals surface area contributed by atoms with Crippen LogP contribution in [-0.4, -0.2) is 10.7 Å². The van der Waals surface area contributed by atoms with Gasteiger partial charge in [0, 0.05) is 24.1 Å². The summed E-state index contributed by atoms with van der Waals surface area (Å²) in [5, 5.41) is 10.5. The quantitative estimate of drug-likeness (QED) is 0.478. The van der Waals surface area contributed by atoms with Gasteiger partial charge in [-0.05, 0) is 24.6 Å². The molecule has 4 heteroatoms. The zero-order chi connectivity index (χ0) is 13.8. The van der Waals surface area contributed by atoms with E-state index in [2.05, 4.69) is 0 Å². The van der Waals surface area contributed by atoms with Gasteiger partial charge >= 0.3 is 0 Å². The summed E-state index contributed by atoms with van der Waals surface area (Å²) in [5.41, 5.74) is 2.57. The Hall–Kier alpha value is -2.49. The molecule has 2 aromatic rings. The SMILES string of the molecule is Cc1ccc(CC(=O)c2ccc([N+](=O)[O-])cc2)cc1. The maximum atomic E-state index is 12.0. The van der Waals surface area contributed by atoms with Crippen LogP contribution in [0.15, 0.2) is 48.5 Å². The van der Waals surface area contributed by atoms with E-state index < -0.39 is 4.92 Å². The fourth-order valence-electron chi connectivity index (χ4n) is 1.76. The average Bonchev–Trinajstić information content (AvgIpc) is 2.41. The monoisotopic (exact) mass is 255 g/mol. The molecule has 0 amide bonds. The lowest BCUT2D eigenvalue weighted by atomic mass is 10.0. The number of carbonyl (C=O) groups is 1. The Balaban J connectivity index is 2.11. The molecule has 0 bridgehead atoms. The van der Waals surface area contributed by atoms with Crippen molar-refractivity contribution in [3.8, 4) is 0 Å². The highest BCUT2D eigenvalue weighted by atomic mass is 16.6. The van der Waals surface area contributed by atoms with Gasteiger partial charge in [0.15, 0.2) is 5.78 Å². The minimum atomic E-state index is -0.478. The second kappa shape index (κ2) is 5.44. The van der Waals surface area contributed by atoms with E-state index >= 15 is 0 Å². The molecule has 0 unspecified atom stereocenters. The van der Waals surface area contributed by atoms with E-state index in [9.17, 15) is 14.9 Å². The zero-order valence-electron chi connectivity index (χ0n) is 10.5. The van der Waals surface area contributed by atoms with Crippen molar-refractivity contribution in [3.63, 3.8) is 0 Å². The van der Waals surface area contributed by atoms with Gasteiger partial charge in [-0.2, -0.15) is 0 Å². The predicted octanol–water partition coefficient (Wildman–Crippen LogP) is 3.33. The molecule has 4 nitrogen and oxygen atoms in total. The average molecular weight is 255 g/mol. The summed E-state index contributed by atoms with van der Waals surface area (Å²) in [6.45, 7) is 1.99. The molecule has 0 spiro atoms. The molecule has 0 aliphatic carbocycles. The molecule has 0 atom stereocenters. The lowest BCUT2D eigenvalue weighted by Gasteiger charge is -2.02. The molecule has 0 radical (unpaired) electrons. The lowest BCUT2D eigenvalue weighted by Crippen LogP contribution is -2.03. The fourth-order valence-corrected chi connectivity index (χ4v) is 1.76. The van der Waals surface area contributed by atoms with E-state index in [1.54, 1.807) is 0 Å². The molecule has 0 aromatic heterocycles. The van der Waals surface area contributed by atoms with Crippen LogP contribution < -0.4 is 0 Å². The molecule has 19 heavy (non-hydrogen) atoms. The fraction of sp³-hybridized carbons (Fsp3) is 0.133. The number of hydrogen-bond donors (Lipinski definition) is 0. The number of aryl methyl sites for hydroxylation is 1. The molecular formula is C15H13NO3. The summed E-state index contributed by atoms with van der Waals surface area (Å²) in [6.07, 6.45) is 0.304. The van der Waals surface area contributed by atoms with Gasteiger partial charge in [0.1, 0.15) is 0 Å². The Morgan fingerprint density at radius 2 is 1.63 bits per heavy atom. The molecule has 2 aromatic carbocycles.